The van der Waals surface area contributed by atoms with Crippen LogP contribution in [0.25, 0.3) is 0 Å². The first-order valence-electron chi connectivity index (χ1n) is 4.85. The molecule has 94 valence electrons. The van der Waals surface area contributed by atoms with Gasteiger partial charge in [-0.3, -0.25) is 4.79 Å². The third-order valence-corrected chi connectivity index (χ3v) is 2.97. The van der Waals surface area contributed by atoms with Gasteiger partial charge in [-0.1, -0.05) is 16.8 Å². The Morgan fingerprint density at radius 2 is 2.33 bits per heavy atom. The number of amides is 1. The topological polar surface area (TPSA) is 59.8 Å². The fourth-order valence-corrected chi connectivity index (χ4v) is 2.20. The number of hydrogen-bond acceptors (Lipinski definition) is 3. The highest BCUT2D eigenvalue weighted by Crippen LogP contribution is 2.31. The smallest absolute Gasteiger partial charge is 0.246 e. The van der Waals surface area contributed by atoms with Gasteiger partial charge < -0.3 is 5.32 Å². The maximum atomic E-state index is 13.0. The second kappa shape index (κ2) is 5.45. The van der Waals surface area contributed by atoms with Crippen molar-refractivity contribution in [1.82, 2.24) is 15.0 Å². The molecule has 1 aromatic carbocycles. The molecule has 2 aromatic rings. The number of hydrogen-bond donors (Lipinski definition) is 1. The lowest BCUT2D eigenvalue weighted by atomic mass is 10.3. The zero-order chi connectivity index (χ0) is 13.1. The molecule has 1 heterocycles. The molecule has 0 saturated carbocycles. The molecular weight excluding hydrogens is 326 g/mol. The Hall–Kier alpha value is -1.47. The summed E-state index contributed by atoms with van der Waals surface area (Å²) in [7, 11) is 0. The second-order valence-electron chi connectivity index (χ2n) is 3.39. The minimum absolute atomic E-state index is 0.000144. The van der Waals surface area contributed by atoms with Gasteiger partial charge in [-0.05, 0) is 28.1 Å². The molecule has 2 rings (SSSR count). The van der Waals surface area contributed by atoms with Gasteiger partial charge >= 0.3 is 0 Å². The van der Waals surface area contributed by atoms with E-state index in [-0.39, 0.29) is 17.5 Å². The van der Waals surface area contributed by atoms with Crippen molar-refractivity contribution in [2.45, 2.75) is 6.54 Å². The van der Waals surface area contributed by atoms with Crippen molar-refractivity contribution in [1.29, 1.82) is 0 Å². The monoisotopic (exact) mass is 332 g/mol. The first kappa shape index (κ1) is 13.0. The first-order valence-corrected chi connectivity index (χ1v) is 6.02. The maximum Gasteiger partial charge on any atom is 0.246 e. The van der Waals surface area contributed by atoms with E-state index in [2.05, 4.69) is 31.6 Å². The minimum atomic E-state index is -0.485. The quantitative estimate of drug-likeness (QED) is 0.939. The molecule has 0 radical (unpaired) electrons. The Morgan fingerprint density at radius 3 is 2.94 bits per heavy atom. The van der Waals surface area contributed by atoms with Crippen molar-refractivity contribution in [3.63, 3.8) is 0 Å². The summed E-state index contributed by atoms with van der Waals surface area (Å²) >= 11 is 8.97. The maximum absolute atomic E-state index is 13.0. The van der Waals surface area contributed by atoms with E-state index in [9.17, 15) is 9.18 Å². The number of nitrogens with zero attached hydrogens (tertiary/aromatic N) is 3. The summed E-state index contributed by atoms with van der Waals surface area (Å²) in [5.41, 5.74) is 0.322. The fourth-order valence-electron chi connectivity index (χ4n) is 1.30. The number of aromatic nitrogens is 3. The molecule has 1 amide bonds. The highest BCUT2D eigenvalue weighted by Gasteiger charge is 2.12. The van der Waals surface area contributed by atoms with E-state index in [1.54, 1.807) is 6.20 Å². The van der Waals surface area contributed by atoms with Crippen molar-refractivity contribution >= 4 is 39.1 Å². The standard InChI is InChI=1S/C10H7BrClFN4O/c11-7-3-6(13)4-8(12)10(7)15-9(18)5-17-2-1-14-16-17/h1-4H,5H2,(H,15,18). The van der Waals surface area contributed by atoms with E-state index < -0.39 is 5.82 Å². The molecule has 0 aliphatic heterocycles. The first-order chi connectivity index (χ1) is 8.56. The van der Waals surface area contributed by atoms with Gasteiger partial charge in [-0.15, -0.1) is 5.10 Å². The van der Waals surface area contributed by atoms with E-state index >= 15 is 0 Å². The van der Waals surface area contributed by atoms with Gasteiger partial charge in [0.15, 0.2) is 0 Å². The van der Waals surface area contributed by atoms with Crippen molar-refractivity contribution in [2.24, 2.45) is 0 Å². The van der Waals surface area contributed by atoms with Gasteiger partial charge in [-0.2, -0.15) is 0 Å². The molecule has 0 unspecified atom stereocenters. The van der Waals surface area contributed by atoms with Crippen LogP contribution in [0.1, 0.15) is 0 Å². The Morgan fingerprint density at radius 1 is 1.56 bits per heavy atom. The van der Waals surface area contributed by atoms with E-state index in [4.69, 9.17) is 11.6 Å². The largest absolute Gasteiger partial charge is 0.322 e. The molecule has 0 fully saturated rings. The summed E-state index contributed by atoms with van der Waals surface area (Å²) in [6.45, 7) is 0.000144. The van der Waals surface area contributed by atoms with Crippen LogP contribution in [0.2, 0.25) is 5.02 Å². The normalized spacial score (nSPS) is 10.4. The van der Waals surface area contributed by atoms with E-state index in [0.29, 0.717) is 10.2 Å². The molecule has 8 heteroatoms. The van der Waals surface area contributed by atoms with Crippen LogP contribution in [0.3, 0.4) is 0 Å². The zero-order valence-electron chi connectivity index (χ0n) is 8.90. The predicted molar refractivity (Wildman–Crippen MR) is 67.8 cm³/mol. The summed E-state index contributed by atoms with van der Waals surface area (Å²) in [5, 5.41) is 9.93. The molecule has 0 saturated heterocycles. The van der Waals surface area contributed by atoms with Crippen molar-refractivity contribution < 1.29 is 9.18 Å². The molecule has 18 heavy (non-hydrogen) atoms. The third-order valence-electron chi connectivity index (χ3n) is 2.05. The summed E-state index contributed by atoms with van der Waals surface area (Å²) in [6.07, 6.45) is 3.02. The number of nitrogens with one attached hydrogen (secondary N) is 1. The Labute approximate surface area is 115 Å². The van der Waals surface area contributed by atoms with Crippen LogP contribution >= 0.6 is 27.5 Å². The van der Waals surface area contributed by atoms with Crippen LogP contribution in [0.15, 0.2) is 29.0 Å². The summed E-state index contributed by atoms with van der Waals surface area (Å²) in [6, 6.07) is 2.34. The predicted octanol–water partition coefficient (Wildman–Crippen LogP) is 2.47. The fraction of sp³-hybridized carbons (Fsp3) is 0.100. The lowest BCUT2D eigenvalue weighted by Gasteiger charge is -2.09. The summed E-state index contributed by atoms with van der Waals surface area (Å²) in [5.74, 6) is -0.823. The van der Waals surface area contributed by atoms with Crippen molar-refractivity contribution in [3.8, 4) is 0 Å². The Kier molecular flexibility index (Phi) is 3.93. The van der Waals surface area contributed by atoms with Crippen molar-refractivity contribution in [3.05, 3.63) is 39.8 Å². The van der Waals surface area contributed by atoms with E-state index in [0.717, 1.165) is 6.07 Å². The van der Waals surface area contributed by atoms with Crippen LogP contribution in [0.4, 0.5) is 10.1 Å². The number of halogens is 3. The van der Waals surface area contributed by atoms with E-state index in [1.165, 1.54) is 16.9 Å². The molecule has 1 N–H and O–H groups in total. The molecular formula is C10H7BrClFN4O. The lowest BCUT2D eigenvalue weighted by molar-refractivity contribution is -0.116. The SMILES string of the molecule is O=C(Cn1ccnn1)Nc1c(Cl)cc(F)cc1Br. The van der Waals surface area contributed by atoms with Gasteiger partial charge in [0.05, 0.1) is 16.9 Å². The third kappa shape index (κ3) is 3.05. The number of carbonyl (C=O) groups is 1. The average molecular weight is 334 g/mol. The zero-order valence-corrected chi connectivity index (χ0v) is 11.2. The van der Waals surface area contributed by atoms with Crippen LogP contribution in [0.5, 0.6) is 0 Å². The molecule has 1 aromatic heterocycles. The number of anilines is 1. The summed E-state index contributed by atoms with van der Waals surface area (Å²) in [4.78, 5) is 11.7. The van der Waals surface area contributed by atoms with Crippen LogP contribution < -0.4 is 5.32 Å². The molecule has 0 bridgehead atoms. The second-order valence-corrected chi connectivity index (χ2v) is 4.65. The molecule has 0 atom stereocenters. The van der Waals surface area contributed by atoms with Gasteiger partial charge in [0.25, 0.3) is 0 Å². The van der Waals surface area contributed by atoms with Gasteiger partial charge in [0.2, 0.25) is 5.91 Å². The molecule has 0 aliphatic rings. The van der Waals surface area contributed by atoms with Gasteiger partial charge in [0, 0.05) is 10.7 Å². The van der Waals surface area contributed by atoms with Gasteiger partial charge in [0.1, 0.15) is 12.4 Å². The number of rotatable bonds is 3. The Bertz CT molecular complexity index is 552. The van der Waals surface area contributed by atoms with Crippen LogP contribution in [-0.2, 0) is 11.3 Å². The molecule has 0 spiro atoms. The lowest BCUT2D eigenvalue weighted by Crippen LogP contribution is -2.19. The summed E-state index contributed by atoms with van der Waals surface area (Å²) < 4.78 is 14.7. The minimum Gasteiger partial charge on any atom is -0.322 e. The number of benzene rings is 1. The van der Waals surface area contributed by atoms with Crippen molar-refractivity contribution in [2.75, 3.05) is 5.32 Å². The Balaban J connectivity index is 2.12. The highest BCUT2D eigenvalue weighted by atomic mass is 79.9. The van der Waals surface area contributed by atoms with Crippen LogP contribution in [0, 0.1) is 5.82 Å². The average Bonchev–Trinajstić information content (AvgIpc) is 2.76. The highest BCUT2D eigenvalue weighted by molar-refractivity contribution is 9.10. The number of carbonyl (C=O) groups excluding carboxylic acids is 1. The molecule has 5 nitrogen and oxygen atoms in total. The molecule has 0 aliphatic carbocycles. The van der Waals surface area contributed by atoms with Gasteiger partial charge in [-0.25, -0.2) is 9.07 Å². The van der Waals surface area contributed by atoms with Crippen LogP contribution in [-0.4, -0.2) is 20.9 Å². The van der Waals surface area contributed by atoms with E-state index in [1.807, 2.05) is 0 Å².